The van der Waals surface area contributed by atoms with Crippen LogP contribution in [-0.4, -0.2) is 48.8 Å². The molecule has 1 saturated carbocycles. The van der Waals surface area contributed by atoms with E-state index in [1.807, 2.05) is 41.3 Å². The molecule has 2 aromatic rings. The topological polar surface area (TPSA) is 74.6 Å². The Morgan fingerprint density at radius 2 is 1.79 bits per heavy atom. The summed E-state index contributed by atoms with van der Waals surface area (Å²) < 4.78 is 12.5. The Bertz CT molecular complexity index is 1030. The molecule has 6 rings (SSSR count). The molecule has 3 heterocycles. The molecule has 1 amide bonds. The zero-order valence-electron chi connectivity index (χ0n) is 18.9. The maximum atomic E-state index is 13.3. The Balaban J connectivity index is 1.41. The molecule has 1 aliphatic carbocycles. The Morgan fingerprint density at radius 1 is 1.00 bits per heavy atom. The van der Waals surface area contributed by atoms with Crippen molar-refractivity contribution < 1.29 is 14.3 Å². The molecule has 3 aliphatic heterocycles. The number of anilines is 1. The third-order valence-electron chi connectivity index (χ3n) is 7.37. The van der Waals surface area contributed by atoms with E-state index in [-0.39, 0.29) is 30.7 Å². The highest BCUT2D eigenvalue weighted by atomic mass is 16.5. The molecule has 2 bridgehead atoms. The summed E-state index contributed by atoms with van der Waals surface area (Å²) in [4.78, 5) is 15.3. The van der Waals surface area contributed by atoms with E-state index in [1.54, 1.807) is 0 Å². The van der Waals surface area contributed by atoms with Crippen LogP contribution in [0.3, 0.4) is 0 Å². The number of nitrogens with zero attached hydrogens (tertiary/aromatic N) is 2. The molecule has 172 valence electrons. The molecule has 2 aromatic carbocycles. The number of rotatable bonds is 2. The van der Waals surface area contributed by atoms with Crippen molar-refractivity contribution in [1.29, 1.82) is 5.26 Å². The van der Waals surface area contributed by atoms with E-state index in [2.05, 4.69) is 23.5 Å². The molecule has 2 atom stereocenters. The van der Waals surface area contributed by atoms with E-state index in [9.17, 15) is 10.1 Å². The Kier molecular flexibility index (Phi) is 6.50. The number of piperidine rings is 1. The smallest absolute Gasteiger partial charge is 0.260 e. The maximum Gasteiger partial charge on any atom is 0.260 e. The standard InChI is InChI=1S/C27H31N3O3/c28-16-20-6-1-3-8-23(20)29-24-9-5-15-30-25(24)17-32-21-13-11-19(12-14-21)22-7-2-4-10-26(22)33-18-27(30)31/h1-4,6-8,10,19,21,24-25,29H,5,9,11-15,17-18H2/t19?,21?,24-,25-/m0/s1. The zero-order chi connectivity index (χ0) is 22.6. The highest BCUT2D eigenvalue weighted by molar-refractivity contribution is 5.78. The van der Waals surface area contributed by atoms with Gasteiger partial charge >= 0.3 is 0 Å². The Morgan fingerprint density at radius 3 is 2.64 bits per heavy atom. The predicted molar refractivity (Wildman–Crippen MR) is 126 cm³/mol. The summed E-state index contributed by atoms with van der Waals surface area (Å²) in [7, 11) is 0. The number of carbonyl (C=O) groups excluding carboxylic acids is 1. The van der Waals surface area contributed by atoms with E-state index in [0.717, 1.165) is 50.0 Å². The highest BCUT2D eigenvalue weighted by Gasteiger charge is 2.36. The van der Waals surface area contributed by atoms with Gasteiger partial charge in [-0.05, 0) is 68.2 Å². The zero-order valence-corrected chi connectivity index (χ0v) is 18.9. The van der Waals surface area contributed by atoms with Crippen LogP contribution in [-0.2, 0) is 9.53 Å². The molecule has 0 radical (unpaired) electrons. The van der Waals surface area contributed by atoms with Crippen LogP contribution in [0, 0.1) is 11.3 Å². The van der Waals surface area contributed by atoms with Crippen molar-refractivity contribution in [3.05, 3.63) is 59.7 Å². The highest BCUT2D eigenvalue weighted by Crippen LogP contribution is 2.39. The van der Waals surface area contributed by atoms with Crippen molar-refractivity contribution in [2.24, 2.45) is 0 Å². The largest absolute Gasteiger partial charge is 0.483 e. The summed E-state index contributed by atoms with van der Waals surface area (Å²) in [6, 6.07) is 17.9. The number of amides is 1. The lowest BCUT2D eigenvalue weighted by Crippen LogP contribution is -2.57. The van der Waals surface area contributed by atoms with Crippen molar-refractivity contribution in [3.8, 4) is 11.8 Å². The van der Waals surface area contributed by atoms with Gasteiger partial charge in [0.2, 0.25) is 0 Å². The normalized spacial score (nSPS) is 27.6. The number of carbonyl (C=O) groups is 1. The molecular weight excluding hydrogens is 414 g/mol. The minimum absolute atomic E-state index is 0.00920. The van der Waals surface area contributed by atoms with Crippen LogP contribution in [0.1, 0.15) is 55.6 Å². The van der Waals surface area contributed by atoms with E-state index in [4.69, 9.17) is 9.47 Å². The van der Waals surface area contributed by atoms with Gasteiger partial charge in [-0.25, -0.2) is 0 Å². The fraction of sp³-hybridized carbons (Fsp3) is 0.481. The SMILES string of the molecule is N#Cc1ccccc1N[C@H]1CCCN2C(=O)COc3ccccc3C3CCC(CC3)OC[C@@H]12. The fourth-order valence-corrected chi connectivity index (χ4v) is 5.59. The minimum Gasteiger partial charge on any atom is -0.483 e. The van der Waals surface area contributed by atoms with Gasteiger partial charge in [0.05, 0.1) is 30.0 Å². The molecular formula is C27H31N3O3. The first-order valence-electron chi connectivity index (χ1n) is 12.1. The van der Waals surface area contributed by atoms with Gasteiger partial charge in [-0.15, -0.1) is 0 Å². The van der Waals surface area contributed by atoms with Crippen LogP contribution >= 0.6 is 0 Å². The number of hydrogen-bond donors (Lipinski definition) is 1. The summed E-state index contributed by atoms with van der Waals surface area (Å²) in [6.45, 7) is 1.23. The molecule has 6 heteroatoms. The predicted octanol–water partition coefficient (Wildman–Crippen LogP) is 4.47. The average molecular weight is 446 g/mol. The maximum absolute atomic E-state index is 13.3. The van der Waals surface area contributed by atoms with E-state index in [0.29, 0.717) is 24.6 Å². The van der Waals surface area contributed by atoms with Gasteiger partial charge in [0.25, 0.3) is 5.91 Å². The van der Waals surface area contributed by atoms with Crippen LogP contribution < -0.4 is 10.1 Å². The lowest BCUT2D eigenvalue weighted by molar-refractivity contribution is -0.140. The van der Waals surface area contributed by atoms with Gasteiger partial charge in [-0.3, -0.25) is 4.79 Å². The van der Waals surface area contributed by atoms with Crippen LogP contribution in [0.5, 0.6) is 5.75 Å². The molecule has 1 saturated heterocycles. The summed E-state index contributed by atoms with van der Waals surface area (Å²) in [5.41, 5.74) is 2.64. The Labute approximate surface area is 195 Å². The molecule has 1 N–H and O–H groups in total. The van der Waals surface area contributed by atoms with Crippen LogP contribution in [0.15, 0.2) is 48.5 Å². The van der Waals surface area contributed by atoms with E-state index in [1.165, 1.54) is 5.56 Å². The molecule has 0 unspecified atom stereocenters. The molecule has 4 aliphatic rings. The minimum atomic E-state index is -0.102. The first-order chi connectivity index (χ1) is 16.2. The third-order valence-corrected chi connectivity index (χ3v) is 7.37. The summed E-state index contributed by atoms with van der Waals surface area (Å²) in [5.74, 6) is 1.28. The lowest BCUT2D eigenvalue weighted by atomic mass is 9.82. The van der Waals surface area contributed by atoms with Crippen LogP contribution in [0.2, 0.25) is 0 Å². The van der Waals surface area contributed by atoms with Crippen LogP contribution in [0.4, 0.5) is 5.69 Å². The monoisotopic (exact) mass is 445 g/mol. The van der Waals surface area contributed by atoms with E-state index < -0.39 is 0 Å². The van der Waals surface area contributed by atoms with E-state index >= 15 is 0 Å². The van der Waals surface area contributed by atoms with Gasteiger partial charge in [-0.2, -0.15) is 5.26 Å². The Hall–Kier alpha value is -3.04. The number of para-hydroxylation sites is 2. The van der Waals surface area contributed by atoms with Gasteiger partial charge in [0.15, 0.2) is 6.61 Å². The first kappa shape index (κ1) is 21.8. The van der Waals surface area contributed by atoms with Crippen molar-refractivity contribution >= 4 is 11.6 Å². The average Bonchev–Trinajstić information content (AvgIpc) is 2.88. The van der Waals surface area contributed by atoms with Gasteiger partial charge < -0.3 is 19.7 Å². The second-order valence-corrected chi connectivity index (χ2v) is 9.34. The third kappa shape index (κ3) is 4.69. The van der Waals surface area contributed by atoms with Crippen molar-refractivity contribution in [2.45, 2.75) is 62.6 Å². The first-order valence-corrected chi connectivity index (χ1v) is 12.1. The molecule has 0 aromatic heterocycles. The van der Waals surface area contributed by atoms with Crippen molar-refractivity contribution in [1.82, 2.24) is 4.90 Å². The number of hydrogen-bond acceptors (Lipinski definition) is 5. The quantitative estimate of drug-likeness (QED) is 0.739. The summed E-state index contributed by atoms with van der Waals surface area (Å²) in [6.07, 6.45) is 6.24. The molecule has 33 heavy (non-hydrogen) atoms. The summed E-state index contributed by atoms with van der Waals surface area (Å²) in [5, 5.41) is 13.1. The van der Waals surface area contributed by atoms with Gasteiger partial charge in [-0.1, -0.05) is 30.3 Å². The van der Waals surface area contributed by atoms with Gasteiger partial charge in [0, 0.05) is 12.6 Å². The van der Waals surface area contributed by atoms with Crippen LogP contribution in [0.25, 0.3) is 0 Å². The second-order valence-electron chi connectivity index (χ2n) is 9.34. The molecule has 6 nitrogen and oxygen atoms in total. The summed E-state index contributed by atoms with van der Waals surface area (Å²) >= 11 is 0. The number of ether oxygens (including phenoxy) is 2. The number of nitrogens with one attached hydrogen (secondary N) is 1. The van der Waals surface area contributed by atoms with Gasteiger partial charge in [0.1, 0.15) is 11.8 Å². The fourth-order valence-electron chi connectivity index (χ4n) is 5.59. The lowest BCUT2D eigenvalue weighted by Gasteiger charge is -2.42. The molecule has 0 spiro atoms. The second kappa shape index (κ2) is 9.84. The molecule has 2 fully saturated rings. The van der Waals surface area contributed by atoms with Crippen molar-refractivity contribution in [3.63, 3.8) is 0 Å². The number of fused-ring (bicyclic) bond motifs is 5. The number of benzene rings is 2. The number of nitriles is 1. The van der Waals surface area contributed by atoms with Crippen molar-refractivity contribution in [2.75, 3.05) is 25.1 Å².